The van der Waals surface area contributed by atoms with Gasteiger partial charge in [0.1, 0.15) is 5.69 Å². The van der Waals surface area contributed by atoms with Crippen molar-refractivity contribution in [1.29, 1.82) is 0 Å². The Labute approximate surface area is 156 Å². The first-order chi connectivity index (χ1) is 12.1. The van der Waals surface area contributed by atoms with Gasteiger partial charge < -0.3 is 9.42 Å². The summed E-state index contributed by atoms with van der Waals surface area (Å²) in [5.74, 6) is 0.896. The number of carbonyl (C=O) groups excluding carboxylic acids is 1. The van der Waals surface area contributed by atoms with E-state index in [0.717, 1.165) is 4.47 Å². The van der Waals surface area contributed by atoms with Gasteiger partial charge in [-0.25, -0.2) is 0 Å². The van der Waals surface area contributed by atoms with E-state index in [1.165, 1.54) is 0 Å². The molecule has 0 spiro atoms. The van der Waals surface area contributed by atoms with E-state index in [0.29, 0.717) is 41.1 Å². The molecule has 1 amide bonds. The molecule has 0 atom stereocenters. The molecule has 1 aliphatic rings. The van der Waals surface area contributed by atoms with Crippen LogP contribution in [-0.2, 0) is 0 Å². The normalized spacial score (nSPS) is 14.4. The Hall–Kier alpha value is -2.25. The van der Waals surface area contributed by atoms with Gasteiger partial charge in [-0.05, 0) is 30.3 Å². The van der Waals surface area contributed by atoms with Crippen LogP contribution in [0, 0.1) is 0 Å². The van der Waals surface area contributed by atoms with Gasteiger partial charge >= 0.3 is 0 Å². The molecule has 6 nitrogen and oxygen atoms in total. The smallest absolute Gasteiger partial charge is 0.255 e. The predicted octanol–water partition coefficient (Wildman–Crippen LogP) is 3.79. The number of nitrogens with zero attached hydrogens (tertiary/aromatic N) is 4. The molecular weight excluding hydrogens is 408 g/mol. The molecule has 25 heavy (non-hydrogen) atoms. The zero-order valence-corrected chi connectivity index (χ0v) is 15.2. The summed E-state index contributed by atoms with van der Waals surface area (Å²) in [5, 5.41) is 4.40. The Bertz CT molecular complexity index is 925. The van der Waals surface area contributed by atoms with Crippen LogP contribution in [0.15, 0.2) is 51.6 Å². The minimum atomic E-state index is -0.105. The van der Waals surface area contributed by atoms with Crippen LogP contribution in [0.4, 0.5) is 0 Å². The zero-order chi connectivity index (χ0) is 17.4. The van der Waals surface area contributed by atoms with E-state index >= 15 is 0 Å². The van der Waals surface area contributed by atoms with Crippen LogP contribution in [0.5, 0.6) is 0 Å². The van der Waals surface area contributed by atoms with Gasteiger partial charge in [0, 0.05) is 23.8 Å². The van der Waals surface area contributed by atoms with Gasteiger partial charge in [0.15, 0.2) is 0 Å². The molecular formula is C17H12BrClN4O2. The molecule has 4 rings (SSSR count). The summed E-state index contributed by atoms with van der Waals surface area (Å²) < 4.78 is 6.14. The van der Waals surface area contributed by atoms with E-state index < -0.39 is 0 Å². The maximum atomic E-state index is 12.5. The Balaban J connectivity index is 1.45. The monoisotopic (exact) mass is 418 g/mol. The molecule has 2 aromatic heterocycles. The average Bonchev–Trinajstić information content (AvgIpc) is 3.06. The fourth-order valence-electron chi connectivity index (χ4n) is 2.63. The highest BCUT2D eigenvalue weighted by atomic mass is 79.9. The van der Waals surface area contributed by atoms with Gasteiger partial charge in [0.2, 0.25) is 11.7 Å². The topological polar surface area (TPSA) is 72.1 Å². The lowest BCUT2D eigenvalue weighted by atomic mass is 9.98. The summed E-state index contributed by atoms with van der Waals surface area (Å²) >= 11 is 9.48. The first-order valence-electron chi connectivity index (χ1n) is 7.61. The molecule has 0 bridgehead atoms. The van der Waals surface area contributed by atoms with Gasteiger partial charge in [0.25, 0.3) is 5.91 Å². The highest BCUT2D eigenvalue weighted by Gasteiger charge is 2.36. The Morgan fingerprint density at radius 2 is 2.12 bits per heavy atom. The lowest BCUT2D eigenvalue weighted by molar-refractivity contribution is 0.0569. The number of rotatable bonds is 3. The van der Waals surface area contributed by atoms with Gasteiger partial charge in [-0.1, -0.05) is 38.8 Å². The SMILES string of the molecule is O=C(c1cc(Br)ccc1Cl)N1CC(c2nc(-c3ccccn3)no2)C1. The van der Waals surface area contributed by atoms with Crippen molar-refractivity contribution in [2.75, 3.05) is 13.1 Å². The predicted molar refractivity (Wildman–Crippen MR) is 95.3 cm³/mol. The van der Waals surface area contributed by atoms with Crippen molar-refractivity contribution in [3.63, 3.8) is 0 Å². The number of carbonyl (C=O) groups is 1. The first kappa shape index (κ1) is 16.2. The number of pyridine rings is 1. The molecule has 0 aliphatic carbocycles. The van der Waals surface area contributed by atoms with Crippen LogP contribution in [0.25, 0.3) is 11.5 Å². The van der Waals surface area contributed by atoms with Crippen molar-refractivity contribution in [2.24, 2.45) is 0 Å². The van der Waals surface area contributed by atoms with Crippen LogP contribution in [-0.4, -0.2) is 39.0 Å². The summed E-state index contributed by atoms with van der Waals surface area (Å²) in [5.41, 5.74) is 1.14. The van der Waals surface area contributed by atoms with Crippen molar-refractivity contribution in [2.45, 2.75) is 5.92 Å². The average molecular weight is 420 g/mol. The van der Waals surface area contributed by atoms with Crippen LogP contribution in [0.1, 0.15) is 22.2 Å². The van der Waals surface area contributed by atoms with E-state index in [2.05, 4.69) is 31.1 Å². The largest absolute Gasteiger partial charge is 0.338 e. The first-order valence-corrected chi connectivity index (χ1v) is 8.78. The van der Waals surface area contributed by atoms with Crippen molar-refractivity contribution in [1.82, 2.24) is 20.0 Å². The number of hydrogen-bond donors (Lipinski definition) is 0. The van der Waals surface area contributed by atoms with Crippen LogP contribution >= 0.6 is 27.5 Å². The molecule has 0 saturated carbocycles. The third-order valence-electron chi connectivity index (χ3n) is 4.01. The standard InChI is InChI=1S/C17H12BrClN4O2/c18-11-4-5-13(19)12(7-11)17(24)23-8-10(9-23)16-21-15(22-25-16)14-3-1-2-6-20-14/h1-7,10H,8-9H2. The number of aromatic nitrogens is 3. The minimum Gasteiger partial charge on any atom is -0.338 e. The second-order valence-electron chi connectivity index (χ2n) is 5.70. The molecule has 1 aromatic carbocycles. The van der Waals surface area contributed by atoms with E-state index in [1.54, 1.807) is 29.3 Å². The summed E-state index contributed by atoms with van der Waals surface area (Å²) in [7, 11) is 0. The van der Waals surface area contributed by atoms with Crippen molar-refractivity contribution >= 4 is 33.4 Å². The molecule has 1 aliphatic heterocycles. The highest BCUT2D eigenvalue weighted by molar-refractivity contribution is 9.10. The van der Waals surface area contributed by atoms with Crippen LogP contribution in [0.2, 0.25) is 5.02 Å². The van der Waals surface area contributed by atoms with Crippen molar-refractivity contribution < 1.29 is 9.32 Å². The van der Waals surface area contributed by atoms with Crippen molar-refractivity contribution in [3.8, 4) is 11.5 Å². The molecule has 0 radical (unpaired) electrons. The fourth-order valence-corrected chi connectivity index (χ4v) is 3.19. The van der Waals surface area contributed by atoms with Crippen LogP contribution in [0.3, 0.4) is 0 Å². The van der Waals surface area contributed by atoms with E-state index in [4.69, 9.17) is 16.1 Å². The van der Waals surface area contributed by atoms with E-state index in [-0.39, 0.29) is 11.8 Å². The Morgan fingerprint density at radius 3 is 2.88 bits per heavy atom. The van der Waals surface area contributed by atoms with Gasteiger partial charge in [0.05, 0.1) is 16.5 Å². The fraction of sp³-hybridized carbons (Fsp3) is 0.176. The maximum Gasteiger partial charge on any atom is 0.255 e. The molecule has 1 fully saturated rings. The number of halogens is 2. The second kappa shape index (κ2) is 6.57. The number of likely N-dealkylation sites (tertiary alicyclic amines) is 1. The third-order valence-corrected chi connectivity index (χ3v) is 4.84. The summed E-state index contributed by atoms with van der Waals surface area (Å²) in [6.45, 7) is 1.04. The number of hydrogen-bond acceptors (Lipinski definition) is 5. The molecule has 8 heteroatoms. The van der Waals surface area contributed by atoms with E-state index in [9.17, 15) is 4.79 Å². The lowest BCUT2D eigenvalue weighted by Gasteiger charge is -2.37. The highest BCUT2D eigenvalue weighted by Crippen LogP contribution is 2.30. The minimum absolute atomic E-state index is 0.0276. The maximum absolute atomic E-state index is 12.5. The molecule has 0 N–H and O–H groups in total. The molecule has 3 heterocycles. The molecule has 126 valence electrons. The summed E-state index contributed by atoms with van der Waals surface area (Å²) in [6, 6.07) is 10.7. The van der Waals surface area contributed by atoms with Crippen molar-refractivity contribution in [3.05, 3.63) is 63.5 Å². The Morgan fingerprint density at radius 1 is 1.28 bits per heavy atom. The zero-order valence-electron chi connectivity index (χ0n) is 12.9. The Kier molecular flexibility index (Phi) is 4.27. The van der Waals surface area contributed by atoms with Gasteiger partial charge in [-0.15, -0.1) is 0 Å². The lowest BCUT2D eigenvalue weighted by Crippen LogP contribution is -2.48. The summed E-state index contributed by atoms with van der Waals surface area (Å²) in [4.78, 5) is 22.8. The molecule has 3 aromatic rings. The van der Waals surface area contributed by atoms with Crippen LogP contribution < -0.4 is 0 Å². The molecule has 0 unspecified atom stereocenters. The number of amides is 1. The third kappa shape index (κ3) is 3.17. The quantitative estimate of drug-likeness (QED) is 0.646. The van der Waals surface area contributed by atoms with Gasteiger partial charge in [-0.2, -0.15) is 4.98 Å². The number of benzene rings is 1. The summed E-state index contributed by atoms with van der Waals surface area (Å²) in [6.07, 6.45) is 1.68. The molecule has 1 saturated heterocycles. The van der Waals surface area contributed by atoms with Gasteiger partial charge in [-0.3, -0.25) is 9.78 Å². The second-order valence-corrected chi connectivity index (χ2v) is 7.03. The van der Waals surface area contributed by atoms with E-state index in [1.807, 2.05) is 18.2 Å².